The molecule has 0 fully saturated rings. The van der Waals surface area contributed by atoms with Crippen LogP contribution in [0.2, 0.25) is 0 Å². The molecular weight excluding hydrogens is 328 g/mol. The van der Waals surface area contributed by atoms with Gasteiger partial charge in [0.05, 0.1) is 17.4 Å². The van der Waals surface area contributed by atoms with Crippen molar-refractivity contribution in [3.8, 4) is 0 Å². The minimum absolute atomic E-state index is 0.196. The van der Waals surface area contributed by atoms with E-state index in [0.29, 0.717) is 12.1 Å². The molecule has 4 rings (SSSR count). The number of anilines is 1. The third-order valence-electron chi connectivity index (χ3n) is 4.12. The Labute approximate surface area is 149 Å². The zero-order chi connectivity index (χ0) is 17.8. The SMILES string of the molecule is O=C(Nc1cnc2ccccc2c1)C(Cc1ccccc1)n1cnnn1. The van der Waals surface area contributed by atoms with Crippen LogP contribution in [0.4, 0.5) is 5.69 Å². The maximum atomic E-state index is 12.9. The summed E-state index contributed by atoms with van der Waals surface area (Å²) in [5.41, 5.74) is 2.55. The highest BCUT2D eigenvalue weighted by molar-refractivity contribution is 5.95. The normalized spacial score (nSPS) is 12.0. The minimum Gasteiger partial charge on any atom is -0.323 e. The van der Waals surface area contributed by atoms with Gasteiger partial charge in [0.25, 0.3) is 0 Å². The van der Waals surface area contributed by atoms with Crippen molar-refractivity contribution in [2.45, 2.75) is 12.5 Å². The fourth-order valence-electron chi connectivity index (χ4n) is 2.82. The van der Waals surface area contributed by atoms with Crippen molar-refractivity contribution in [2.75, 3.05) is 5.32 Å². The average molecular weight is 344 g/mol. The number of amides is 1. The summed E-state index contributed by atoms with van der Waals surface area (Å²) in [5.74, 6) is -0.196. The number of nitrogens with one attached hydrogen (secondary N) is 1. The van der Waals surface area contributed by atoms with Crippen molar-refractivity contribution < 1.29 is 4.79 Å². The maximum absolute atomic E-state index is 12.9. The van der Waals surface area contributed by atoms with Crippen molar-refractivity contribution in [3.63, 3.8) is 0 Å². The van der Waals surface area contributed by atoms with Gasteiger partial charge in [0.1, 0.15) is 12.4 Å². The smallest absolute Gasteiger partial charge is 0.249 e. The van der Waals surface area contributed by atoms with Gasteiger partial charge in [-0.1, -0.05) is 48.5 Å². The molecule has 0 spiro atoms. The van der Waals surface area contributed by atoms with Crippen LogP contribution in [0.25, 0.3) is 10.9 Å². The van der Waals surface area contributed by atoms with Gasteiger partial charge in [0.15, 0.2) is 0 Å². The largest absolute Gasteiger partial charge is 0.323 e. The quantitative estimate of drug-likeness (QED) is 0.601. The summed E-state index contributed by atoms with van der Waals surface area (Å²) in [7, 11) is 0. The van der Waals surface area contributed by atoms with Crippen LogP contribution in [0.3, 0.4) is 0 Å². The van der Waals surface area contributed by atoms with Crippen molar-refractivity contribution in [3.05, 3.63) is 78.8 Å². The first kappa shape index (κ1) is 15.9. The van der Waals surface area contributed by atoms with E-state index in [1.165, 1.54) is 11.0 Å². The predicted octanol–water partition coefficient (Wildman–Crippen LogP) is 2.64. The van der Waals surface area contributed by atoms with E-state index >= 15 is 0 Å². The average Bonchev–Trinajstić information content (AvgIpc) is 3.21. The van der Waals surface area contributed by atoms with E-state index < -0.39 is 6.04 Å². The zero-order valence-electron chi connectivity index (χ0n) is 13.9. The van der Waals surface area contributed by atoms with Gasteiger partial charge in [-0.3, -0.25) is 9.78 Å². The lowest BCUT2D eigenvalue weighted by Gasteiger charge is -2.16. The zero-order valence-corrected chi connectivity index (χ0v) is 13.9. The standard InChI is InChI=1S/C19H16N6O/c26-19(22-16-11-15-8-4-5-9-17(15)20-12-16)18(25-13-21-23-24-25)10-14-6-2-1-3-7-14/h1-9,11-13,18H,10H2,(H,22,26). The molecule has 1 N–H and O–H groups in total. The van der Waals surface area contributed by atoms with Crippen molar-refractivity contribution >= 4 is 22.5 Å². The molecule has 7 heteroatoms. The van der Waals surface area contributed by atoms with E-state index in [0.717, 1.165) is 16.5 Å². The predicted molar refractivity (Wildman–Crippen MR) is 97.4 cm³/mol. The highest BCUT2D eigenvalue weighted by Crippen LogP contribution is 2.19. The summed E-state index contributed by atoms with van der Waals surface area (Å²) in [6.45, 7) is 0. The van der Waals surface area contributed by atoms with Gasteiger partial charge in [0, 0.05) is 11.8 Å². The van der Waals surface area contributed by atoms with Gasteiger partial charge in [-0.25, -0.2) is 4.68 Å². The Morgan fingerprint density at radius 1 is 1.08 bits per heavy atom. The summed E-state index contributed by atoms with van der Waals surface area (Å²) in [5, 5.41) is 15.1. The van der Waals surface area contributed by atoms with E-state index in [4.69, 9.17) is 0 Å². The van der Waals surface area contributed by atoms with E-state index in [1.807, 2.05) is 60.7 Å². The second kappa shape index (κ2) is 7.10. The first-order valence-electron chi connectivity index (χ1n) is 8.22. The number of tetrazole rings is 1. The van der Waals surface area contributed by atoms with Gasteiger partial charge in [-0.05, 0) is 28.1 Å². The Kier molecular flexibility index (Phi) is 4.34. The molecule has 1 unspecified atom stereocenters. The van der Waals surface area contributed by atoms with Crippen LogP contribution in [0.5, 0.6) is 0 Å². The number of hydrogen-bond acceptors (Lipinski definition) is 5. The molecule has 128 valence electrons. The topological polar surface area (TPSA) is 85.6 Å². The molecule has 26 heavy (non-hydrogen) atoms. The van der Waals surface area contributed by atoms with Gasteiger partial charge < -0.3 is 5.32 Å². The summed E-state index contributed by atoms with van der Waals surface area (Å²) in [4.78, 5) is 17.3. The van der Waals surface area contributed by atoms with Crippen molar-refractivity contribution in [1.82, 2.24) is 25.2 Å². The fourth-order valence-corrected chi connectivity index (χ4v) is 2.82. The second-order valence-corrected chi connectivity index (χ2v) is 5.90. The number of nitrogens with zero attached hydrogens (tertiary/aromatic N) is 5. The molecule has 0 radical (unpaired) electrons. The number of pyridine rings is 1. The van der Waals surface area contributed by atoms with Crippen LogP contribution in [0.15, 0.2) is 73.2 Å². The number of hydrogen-bond donors (Lipinski definition) is 1. The van der Waals surface area contributed by atoms with Gasteiger partial charge >= 0.3 is 0 Å². The third kappa shape index (κ3) is 3.41. The lowest BCUT2D eigenvalue weighted by atomic mass is 10.1. The first-order valence-corrected chi connectivity index (χ1v) is 8.22. The monoisotopic (exact) mass is 344 g/mol. The van der Waals surface area contributed by atoms with E-state index in [-0.39, 0.29) is 5.91 Å². The van der Waals surface area contributed by atoms with Crippen molar-refractivity contribution in [1.29, 1.82) is 0 Å². The molecule has 0 aliphatic heterocycles. The lowest BCUT2D eigenvalue weighted by molar-refractivity contribution is -0.119. The molecule has 1 atom stereocenters. The minimum atomic E-state index is -0.557. The Morgan fingerprint density at radius 2 is 1.88 bits per heavy atom. The number of benzene rings is 2. The molecule has 2 heterocycles. The number of carbonyl (C=O) groups is 1. The summed E-state index contributed by atoms with van der Waals surface area (Å²) in [6, 6.07) is 18.9. The fraction of sp³-hybridized carbons (Fsp3) is 0.105. The molecule has 4 aromatic rings. The first-order chi connectivity index (χ1) is 12.8. The van der Waals surface area contributed by atoms with Gasteiger partial charge in [0.2, 0.25) is 5.91 Å². The Balaban J connectivity index is 1.59. The number of para-hydroxylation sites is 1. The highest BCUT2D eigenvalue weighted by Gasteiger charge is 2.22. The van der Waals surface area contributed by atoms with Crippen LogP contribution >= 0.6 is 0 Å². The lowest BCUT2D eigenvalue weighted by Crippen LogP contribution is -2.28. The van der Waals surface area contributed by atoms with Crippen molar-refractivity contribution in [2.24, 2.45) is 0 Å². The molecular formula is C19H16N6O. The van der Waals surface area contributed by atoms with E-state index in [2.05, 4.69) is 25.8 Å². The van der Waals surface area contributed by atoms with Crippen LogP contribution in [0, 0.1) is 0 Å². The Hall–Kier alpha value is -3.61. The van der Waals surface area contributed by atoms with Crippen LogP contribution in [0.1, 0.15) is 11.6 Å². The molecule has 0 aliphatic rings. The summed E-state index contributed by atoms with van der Waals surface area (Å²) < 4.78 is 1.47. The summed E-state index contributed by atoms with van der Waals surface area (Å²) >= 11 is 0. The number of carbonyl (C=O) groups excluding carboxylic acids is 1. The Bertz CT molecular complexity index is 1020. The van der Waals surface area contributed by atoms with Crippen LogP contribution in [-0.2, 0) is 11.2 Å². The number of aromatic nitrogens is 5. The molecule has 0 saturated carbocycles. The highest BCUT2D eigenvalue weighted by atomic mass is 16.2. The van der Waals surface area contributed by atoms with E-state index in [1.54, 1.807) is 6.20 Å². The van der Waals surface area contributed by atoms with Crippen LogP contribution in [-0.4, -0.2) is 31.1 Å². The second-order valence-electron chi connectivity index (χ2n) is 5.90. The molecule has 0 bridgehead atoms. The molecule has 1 amide bonds. The molecule has 2 aromatic carbocycles. The van der Waals surface area contributed by atoms with Gasteiger partial charge in [-0.15, -0.1) is 5.10 Å². The van der Waals surface area contributed by atoms with Crippen LogP contribution < -0.4 is 5.32 Å². The molecule has 7 nitrogen and oxygen atoms in total. The molecule has 2 aromatic heterocycles. The third-order valence-corrected chi connectivity index (χ3v) is 4.12. The Morgan fingerprint density at radius 3 is 2.69 bits per heavy atom. The van der Waals surface area contributed by atoms with Gasteiger partial charge in [-0.2, -0.15) is 0 Å². The molecule has 0 aliphatic carbocycles. The molecule has 0 saturated heterocycles. The maximum Gasteiger partial charge on any atom is 0.249 e. The van der Waals surface area contributed by atoms with E-state index in [9.17, 15) is 4.79 Å². The number of rotatable bonds is 5. The summed E-state index contributed by atoms with van der Waals surface area (Å²) in [6.07, 6.45) is 3.59. The number of fused-ring (bicyclic) bond motifs is 1.